The third-order valence-electron chi connectivity index (χ3n) is 4.47. The topological polar surface area (TPSA) is 26.3 Å². The molecule has 2 heteroatoms. The molecule has 2 nitrogen and oxygen atoms in total. The van der Waals surface area contributed by atoms with Crippen LogP contribution in [0.4, 0.5) is 0 Å². The fourth-order valence-corrected chi connectivity index (χ4v) is 2.83. The van der Waals surface area contributed by atoms with E-state index in [1.54, 1.807) is 0 Å². The van der Waals surface area contributed by atoms with Crippen molar-refractivity contribution >= 4 is 5.97 Å². The van der Waals surface area contributed by atoms with Crippen molar-refractivity contribution in [3.05, 3.63) is 12.2 Å². The van der Waals surface area contributed by atoms with Gasteiger partial charge in [-0.15, -0.1) is 0 Å². The van der Waals surface area contributed by atoms with Crippen LogP contribution in [-0.2, 0) is 9.53 Å². The Kier molecular flexibility index (Phi) is 14.3. The molecule has 0 unspecified atom stereocenters. The van der Waals surface area contributed by atoms with E-state index in [-0.39, 0.29) is 5.97 Å². The summed E-state index contributed by atoms with van der Waals surface area (Å²) in [4.78, 5) is 11.0. The molecule has 0 aliphatic rings. The zero-order valence-electron chi connectivity index (χ0n) is 16.2. The predicted molar refractivity (Wildman–Crippen MR) is 101 cm³/mol. The van der Waals surface area contributed by atoms with Gasteiger partial charge >= 0.3 is 5.97 Å². The SMILES string of the molecule is CCCCCCCC/C=C\C(C)(C)CCCCCCC(=O)OC. The van der Waals surface area contributed by atoms with Crippen molar-refractivity contribution in [3.8, 4) is 0 Å². The number of ether oxygens (including phenoxy) is 1. The van der Waals surface area contributed by atoms with E-state index in [2.05, 4.69) is 37.7 Å². The average molecular weight is 325 g/mol. The average Bonchev–Trinajstić information content (AvgIpc) is 2.52. The Balaban J connectivity index is 3.55. The van der Waals surface area contributed by atoms with E-state index in [0.29, 0.717) is 11.8 Å². The van der Waals surface area contributed by atoms with Gasteiger partial charge in [-0.1, -0.05) is 84.3 Å². The highest BCUT2D eigenvalue weighted by Gasteiger charge is 2.12. The van der Waals surface area contributed by atoms with Crippen LogP contribution in [0.3, 0.4) is 0 Å². The minimum absolute atomic E-state index is 0.0806. The lowest BCUT2D eigenvalue weighted by Gasteiger charge is -2.20. The van der Waals surface area contributed by atoms with Gasteiger partial charge in [-0.25, -0.2) is 0 Å². The van der Waals surface area contributed by atoms with Gasteiger partial charge in [0.15, 0.2) is 0 Å². The molecule has 0 saturated heterocycles. The van der Waals surface area contributed by atoms with Crippen molar-refractivity contribution in [1.29, 1.82) is 0 Å². The van der Waals surface area contributed by atoms with E-state index >= 15 is 0 Å². The monoisotopic (exact) mass is 324 g/mol. The summed E-state index contributed by atoms with van der Waals surface area (Å²) in [6.07, 6.45) is 20.6. The van der Waals surface area contributed by atoms with Crippen molar-refractivity contribution in [3.63, 3.8) is 0 Å². The maximum absolute atomic E-state index is 11.0. The van der Waals surface area contributed by atoms with Gasteiger partial charge in [-0.2, -0.15) is 0 Å². The van der Waals surface area contributed by atoms with Gasteiger partial charge in [0.2, 0.25) is 0 Å². The van der Waals surface area contributed by atoms with Crippen molar-refractivity contribution in [2.45, 2.75) is 104 Å². The molecule has 23 heavy (non-hydrogen) atoms. The van der Waals surface area contributed by atoms with E-state index < -0.39 is 0 Å². The largest absolute Gasteiger partial charge is 0.469 e. The number of hydrogen-bond acceptors (Lipinski definition) is 2. The Labute approximate surface area is 145 Å². The molecule has 0 fully saturated rings. The first kappa shape index (κ1) is 22.2. The lowest BCUT2D eigenvalue weighted by atomic mass is 9.86. The molecular weight excluding hydrogens is 284 g/mol. The van der Waals surface area contributed by atoms with Gasteiger partial charge in [-0.05, 0) is 31.1 Å². The molecule has 0 aromatic carbocycles. The molecule has 0 amide bonds. The first-order valence-corrected chi connectivity index (χ1v) is 9.76. The lowest BCUT2D eigenvalue weighted by molar-refractivity contribution is -0.140. The number of carbonyl (C=O) groups is 1. The molecule has 0 N–H and O–H groups in total. The number of carbonyl (C=O) groups excluding carboxylic acids is 1. The van der Waals surface area contributed by atoms with Crippen LogP contribution in [-0.4, -0.2) is 13.1 Å². The molecule has 0 saturated carbocycles. The minimum atomic E-state index is -0.0806. The Bertz CT molecular complexity index is 305. The first-order chi connectivity index (χ1) is 11.0. The Morgan fingerprint density at radius 3 is 2.22 bits per heavy atom. The molecule has 0 aromatic rings. The van der Waals surface area contributed by atoms with Gasteiger partial charge in [0, 0.05) is 6.42 Å². The summed E-state index contributed by atoms with van der Waals surface area (Å²) in [5.74, 6) is -0.0806. The summed E-state index contributed by atoms with van der Waals surface area (Å²) in [6, 6.07) is 0. The van der Waals surface area contributed by atoms with E-state index in [1.807, 2.05) is 0 Å². The van der Waals surface area contributed by atoms with Crippen LogP contribution in [0.2, 0.25) is 0 Å². The Morgan fingerprint density at radius 2 is 1.52 bits per heavy atom. The van der Waals surface area contributed by atoms with Crippen LogP contribution in [0.15, 0.2) is 12.2 Å². The van der Waals surface area contributed by atoms with Crippen molar-refractivity contribution in [2.24, 2.45) is 5.41 Å². The highest BCUT2D eigenvalue weighted by atomic mass is 16.5. The summed E-state index contributed by atoms with van der Waals surface area (Å²) in [5, 5.41) is 0. The second-order valence-corrected chi connectivity index (χ2v) is 7.44. The quantitative estimate of drug-likeness (QED) is 0.187. The number of rotatable bonds is 15. The Morgan fingerprint density at radius 1 is 0.913 bits per heavy atom. The number of unbranched alkanes of at least 4 members (excludes halogenated alkanes) is 9. The summed E-state index contributed by atoms with van der Waals surface area (Å²) >= 11 is 0. The first-order valence-electron chi connectivity index (χ1n) is 9.76. The van der Waals surface area contributed by atoms with E-state index in [1.165, 1.54) is 71.3 Å². The summed E-state index contributed by atoms with van der Waals surface area (Å²) < 4.78 is 4.65. The standard InChI is InChI=1S/C21H40O2/c1-5-6-7-8-9-10-12-15-18-21(2,3)19-16-13-11-14-17-20(22)23-4/h15,18H,5-14,16-17,19H2,1-4H3/b18-15-. The van der Waals surface area contributed by atoms with Gasteiger partial charge in [-0.3, -0.25) is 4.79 Å². The van der Waals surface area contributed by atoms with Crippen molar-refractivity contribution in [2.75, 3.05) is 7.11 Å². The maximum atomic E-state index is 11.0. The fourth-order valence-electron chi connectivity index (χ4n) is 2.83. The van der Waals surface area contributed by atoms with E-state index in [4.69, 9.17) is 0 Å². The molecule has 0 radical (unpaired) electrons. The van der Waals surface area contributed by atoms with Crippen molar-refractivity contribution in [1.82, 2.24) is 0 Å². The number of esters is 1. The molecule has 0 bridgehead atoms. The van der Waals surface area contributed by atoms with Gasteiger partial charge in [0.05, 0.1) is 7.11 Å². The second kappa shape index (κ2) is 14.8. The highest BCUT2D eigenvalue weighted by Crippen LogP contribution is 2.26. The zero-order chi connectivity index (χ0) is 17.4. The highest BCUT2D eigenvalue weighted by molar-refractivity contribution is 5.68. The number of allylic oxidation sites excluding steroid dienone is 2. The zero-order valence-corrected chi connectivity index (χ0v) is 16.2. The second-order valence-electron chi connectivity index (χ2n) is 7.44. The summed E-state index contributed by atoms with van der Waals surface area (Å²) in [5.41, 5.74) is 0.310. The minimum Gasteiger partial charge on any atom is -0.469 e. The smallest absolute Gasteiger partial charge is 0.305 e. The van der Waals surface area contributed by atoms with E-state index in [0.717, 1.165) is 12.8 Å². The van der Waals surface area contributed by atoms with Crippen LogP contribution >= 0.6 is 0 Å². The third kappa shape index (κ3) is 15.9. The normalized spacial score (nSPS) is 12.0. The van der Waals surface area contributed by atoms with Gasteiger partial charge in [0.1, 0.15) is 0 Å². The molecule has 136 valence electrons. The van der Waals surface area contributed by atoms with Crippen LogP contribution < -0.4 is 0 Å². The molecule has 0 aliphatic heterocycles. The van der Waals surface area contributed by atoms with Crippen LogP contribution in [0.5, 0.6) is 0 Å². The maximum Gasteiger partial charge on any atom is 0.305 e. The van der Waals surface area contributed by atoms with Crippen LogP contribution in [0, 0.1) is 5.41 Å². The molecule has 0 heterocycles. The molecule has 0 rings (SSSR count). The molecule has 0 aliphatic carbocycles. The van der Waals surface area contributed by atoms with E-state index in [9.17, 15) is 4.79 Å². The molecule has 0 spiro atoms. The summed E-state index contributed by atoms with van der Waals surface area (Å²) in [6.45, 7) is 6.93. The van der Waals surface area contributed by atoms with Crippen molar-refractivity contribution < 1.29 is 9.53 Å². The molecule has 0 atom stereocenters. The molecule has 0 aromatic heterocycles. The molecular formula is C21H40O2. The number of methoxy groups -OCH3 is 1. The fraction of sp³-hybridized carbons (Fsp3) is 0.857. The lowest BCUT2D eigenvalue weighted by Crippen LogP contribution is -2.07. The predicted octanol–water partition coefficient (Wildman–Crippen LogP) is 6.83. The third-order valence-corrected chi connectivity index (χ3v) is 4.47. The van der Waals surface area contributed by atoms with Gasteiger partial charge < -0.3 is 4.74 Å². The summed E-state index contributed by atoms with van der Waals surface area (Å²) in [7, 11) is 1.46. The van der Waals surface area contributed by atoms with Crippen LogP contribution in [0.25, 0.3) is 0 Å². The Hall–Kier alpha value is -0.790. The van der Waals surface area contributed by atoms with Crippen LogP contribution in [0.1, 0.15) is 104 Å². The van der Waals surface area contributed by atoms with Gasteiger partial charge in [0.25, 0.3) is 0 Å². The number of hydrogen-bond donors (Lipinski definition) is 0.